The van der Waals surface area contributed by atoms with E-state index in [9.17, 15) is 4.79 Å². The van der Waals surface area contributed by atoms with E-state index in [2.05, 4.69) is 10.5 Å². The maximum absolute atomic E-state index is 11.6. The highest BCUT2D eigenvalue weighted by atomic mass is 35.5. The van der Waals surface area contributed by atoms with Crippen LogP contribution in [0.4, 0.5) is 5.69 Å². The molecule has 0 radical (unpaired) electrons. The Labute approximate surface area is 104 Å². The van der Waals surface area contributed by atoms with E-state index in [0.717, 1.165) is 0 Å². The van der Waals surface area contributed by atoms with Gasteiger partial charge in [-0.1, -0.05) is 30.6 Å². The van der Waals surface area contributed by atoms with Gasteiger partial charge in [-0.3, -0.25) is 4.79 Å². The summed E-state index contributed by atoms with van der Waals surface area (Å²) >= 11 is 5.83. The predicted molar refractivity (Wildman–Crippen MR) is 67.4 cm³/mol. The van der Waals surface area contributed by atoms with Gasteiger partial charge in [0.05, 0.1) is 5.69 Å². The van der Waals surface area contributed by atoms with Gasteiger partial charge in [-0.15, -0.1) is 0 Å². The van der Waals surface area contributed by atoms with E-state index >= 15 is 0 Å². The van der Waals surface area contributed by atoms with E-state index in [1.165, 1.54) is 0 Å². The van der Waals surface area contributed by atoms with Crippen LogP contribution in [-0.2, 0) is 4.79 Å². The molecule has 6 heteroatoms. The Morgan fingerprint density at radius 2 is 2.18 bits per heavy atom. The molecular weight excluding hydrogens is 242 g/mol. The number of nitrogens with one attached hydrogen (secondary N) is 1. The summed E-state index contributed by atoms with van der Waals surface area (Å²) in [5, 5.41) is 14.7. The highest BCUT2D eigenvalue weighted by Crippen LogP contribution is 2.21. The van der Waals surface area contributed by atoms with E-state index < -0.39 is 0 Å². The number of carbonyl (C=O) groups is 1. The van der Waals surface area contributed by atoms with Crippen LogP contribution in [0.25, 0.3) is 0 Å². The number of hydrogen-bond acceptors (Lipinski definition) is 3. The minimum absolute atomic E-state index is 0.0827. The minimum Gasteiger partial charge on any atom is -0.409 e. The van der Waals surface area contributed by atoms with Gasteiger partial charge in [0.1, 0.15) is 0 Å². The molecule has 0 atom stereocenters. The maximum atomic E-state index is 11.6. The number of nitrogens with two attached hydrogens (primary N) is 1. The molecule has 0 bridgehead atoms. The molecule has 0 fully saturated rings. The first-order chi connectivity index (χ1) is 7.95. The average Bonchev–Trinajstić information content (AvgIpc) is 2.28. The van der Waals surface area contributed by atoms with Crippen LogP contribution >= 0.6 is 11.6 Å². The summed E-state index contributed by atoms with van der Waals surface area (Å²) in [6, 6.07) is 4.72. The van der Waals surface area contributed by atoms with E-state index in [0.29, 0.717) is 16.3 Å². The van der Waals surface area contributed by atoms with Crippen molar-refractivity contribution in [1.82, 2.24) is 0 Å². The van der Waals surface area contributed by atoms with Crippen molar-refractivity contribution >= 4 is 29.0 Å². The van der Waals surface area contributed by atoms with E-state index in [-0.39, 0.29) is 17.7 Å². The van der Waals surface area contributed by atoms with Crippen LogP contribution in [0.1, 0.15) is 19.4 Å². The first-order valence-corrected chi connectivity index (χ1v) is 5.41. The number of nitrogens with zero attached hydrogens (tertiary/aromatic N) is 1. The Hall–Kier alpha value is -1.75. The molecule has 4 N–H and O–H groups in total. The fourth-order valence-corrected chi connectivity index (χ4v) is 1.35. The van der Waals surface area contributed by atoms with Crippen LogP contribution < -0.4 is 11.1 Å². The fraction of sp³-hybridized carbons (Fsp3) is 0.273. The summed E-state index contributed by atoms with van der Waals surface area (Å²) in [4.78, 5) is 11.6. The van der Waals surface area contributed by atoms with Gasteiger partial charge < -0.3 is 16.3 Å². The van der Waals surface area contributed by atoms with Crippen molar-refractivity contribution in [2.45, 2.75) is 13.8 Å². The van der Waals surface area contributed by atoms with Crippen molar-refractivity contribution in [1.29, 1.82) is 0 Å². The average molecular weight is 256 g/mol. The quantitative estimate of drug-likeness (QED) is 0.334. The van der Waals surface area contributed by atoms with Gasteiger partial charge in [-0.2, -0.15) is 0 Å². The second kappa shape index (κ2) is 5.54. The van der Waals surface area contributed by atoms with Crippen molar-refractivity contribution in [3.8, 4) is 0 Å². The lowest BCUT2D eigenvalue weighted by atomic mass is 10.1. The summed E-state index contributed by atoms with van der Waals surface area (Å²) < 4.78 is 0. The molecule has 1 amide bonds. The number of benzene rings is 1. The normalized spacial score (nSPS) is 11.6. The van der Waals surface area contributed by atoms with Gasteiger partial charge in [-0.05, 0) is 18.2 Å². The zero-order valence-electron chi connectivity index (χ0n) is 9.57. The third-order valence-corrected chi connectivity index (χ3v) is 2.38. The number of hydrogen-bond donors (Lipinski definition) is 3. The summed E-state index contributed by atoms with van der Waals surface area (Å²) in [6.07, 6.45) is 0. The Kier molecular flexibility index (Phi) is 4.34. The van der Waals surface area contributed by atoms with Crippen molar-refractivity contribution < 1.29 is 10.0 Å². The molecule has 0 saturated carbocycles. The minimum atomic E-state index is -0.172. The molecule has 92 valence electrons. The van der Waals surface area contributed by atoms with Crippen LogP contribution in [0.3, 0.4) is 0 Å². The maximum Gasteiger partial charge on any atom is 0.226 e. The number of halogens is 1. The van der Waals surface area contributed by atoms with Crippen molar-refractivity contribution in [2.75, 3.05) is 5.32 Å². The molecule has 0 aliphatic carbocycles. The number of rotatable bonds is 3. The van der Waals surface area contributed by atoms with Crippen LogP contribution in [0.15, 0.2) is 23.4 Å². The number of carbonyl (C=O) groups excluding carboxylic acids is 1. The second-order valence-electron chi connectivity index (χ2n) is 3.82. The van der Waals surface area contributed by atoms with E-state index in [4.69, 9.17) is 22.5 Å². The summed E-state index contributed by atoms with van der Waals surface area (Å²) in [6.45, 7) is 3.53. The van der Waals surface area contributed by atoms with Gasteiger partial charge >= 0.3 is 0 Å². The van der Waals surface area contributed by atoms with Gasteiger partial charge in [0.2, 0.25) is 5.91 Å². The lowest BCUT2D eigenvalue weighted by molar-refractivity contribution is -0.118. The predicted octanol–water partition coefficient (Wildman–Crippen LogP) is 2.03. The number of oxime groups is 1. The van der Waals surface area contributed by atoms with Gasteiger partial charge in [-0.25, -0.2) is 0 Å². The third kappa shape index (κ3) is 3.35. The highest BCUT2D eigenvalue weighted by molar-refractivity contribution is 6.31. The lowest BCUT2D eigenvalue weighted by Gasteiger charge is -2.12. The smallest absolute Gasteiger partial charge is 0.226 e. The molecule has 0 spiro atoms. The zero-order valence-corrected chi connectivity index (χ0v) is 10.3. The molecular formula is C11H14ClN3O2. The summed E-state index contributed by atoms with van der Waals surface area (Å²) in [5.74, 6) is -0.422. The van der Waals surface area contributed by atoms with Crippen molar-refractivity contribution in [2.24, 2.45) is 16.8 Å². The topological polar surface area (TPSA) is 87.7 Å². The standard InChI is InChI=1S/C11H14ClN3O2/c1-6(2)11(16)14-9-5-7(12)3-4-8(9)10(13)15-17/h3-6,17H,1-2H3,(H2,13,15)(H,14,16). The molecule has 1 aromatic carbocycles. The second-order valence-corrected chi connectivity index (χ2v) is 4.26. The largest absolute Gasteiger partial charge is 0.409 e. The lowest BCUT2D eigenvalue weighted by Crippen LogP contribution is -2.22. The number of amidine groups is 1. The Morgan fingerprint density at radius 1 is 1.53 bits per heavy atom. The molecule has 1 rings (SSSR count). The zero-order chi connectivity index (χ0) is 13.0. The third-order valence-electron chi connectivity index (χ3n) is 2.15. The van der Waals surface area contributed by atoms with Gasteiger partial charge in [0, 0.05) is 16.5 Å². The molecule has 0 aliphatic rings. The Morgan fingerprint density at radius 3 is 2.71 bits per heavy atom. The molecule has 0 unspecified atom stereocenters. The van der Waals surface area contributed by atoms with E-state index in [1.807, 2.05) is 0 Å². The molecule has 1 aromatic rings. The van der Waals surface area contributed by atoms with Crippen LogP contribution in [-0.4, -0.2) is 17.0 Å². The molecule has 5 nitrogen and oxygen atoms in total. The fourth-order valence-electron chi connectivity index (χ4n) is 1.17. The molecule has 17 heavy (non-hydrogen) atoms. The molecule has 0 aromatic heterocycles. The summed E-state index contributed by atoms with van der Waals surface area (Å²) in [7, 11) is 0. The molecule has 0 saturated heterocycles. The highest BCUT2D eigenvalue weighted by Gasteiger charge is 2.13. The number of anilines is 1. The monoisotopic (exact) mass is 255 g/mol. The molecule has 0 aliphatic heterocycles. The SMILES string of the molecule is CC(C)C(=O)Nc1cc(Cl)ccc1C(N)=NO. The van der Waals surface area contributed by atoms with Crippen molar-refractivity contribution in [3.63, 3.8) is 0 Å². The van der Waals surface area contributed by atoms with Crippen LogP contribution in [0, 0.1) is 5.92 Å². The number of amides is 1. The Bertz CT molecular complexity index is 458. The van der Waals surface area contributed by atoms with Crippen molar-refractivity contribution in [3.05, 3.63) is 28.8 Å². The van der Waals surface area contributed by atoms with Gasteiger partial charge in [0.15, 0.2) is 5.84 Å². The van der Waals surface area contributed by atoms with Crippen LogP contribution in [0.2, 0.25) is 5.02 Å². The first kappa shape index (κ1) is 13.3. The van der Waals surface area contributed by atoms with Crippen LogP contribution in [0.5, 0.6) is 0 Å². The summed E-state index contributed by atoms with van der Waals surface area (Å²) in [5.41, 5.74) is 6.35. The Balaban J connectivity index is 3.12. The first-order valence-electron chi connectivity index (χ1n) is 5.04. The molecule has 0 heterocycles. The van der Waals surface area contributed by atoms with E-state index in [1.54, 1.807) is 32.0 Å². The van der Waals surface area contributed by atoms with Gasteiger partial charge in [0.25, 0.3) is 0 Å².